The molecule has 0 radical (unpaired) electrons. The predicted octanol–water partition coefficient (Wildman–Crippen LogP) is 4.37. The summed E-state index contributed by atoms with van der Waals surface area (Å²) in [4.78, 5) is 9.07. The van der Waals surface area contributed by atoms with Crippen LogP contribution in [0.1, 0.15) is 59.3 Å². The van der Waals surface area contributed by atoms with E-state index in [9.17, 15) is 0 Å². The third kappa shape index (κ3) is 4.30. The Labute approximate surface area is 99.6 Å². The van der Waals surface area contributed by atoms with Crippen molar-refractivity contribution in [2.24, 2.45) is 15.4 Å². The van der Waals surface area contributed by atoms with Crippen molar-refractivity contribution < 1.29 is 0 Å². The number of rotatable bonds is 1. The molecule has 0 atom stereocenters. The van der Waals surface area contributed by atoms with Crippen molar-refractivity contribution in [3.63, 3.8) is 0 Å². The molecule has 0 aromatic rings. The molecular weight excluding hydrogens is 196 g/mol. The van der Waals surface area contributed by atoms with Gasteiger partial charge < -0.3 is 0 Å². The first kappa shape index (κ1) is 13.1. The van der Waals surface area contributed by atoms with Crippen LogP contribution < -0.4 is 0 Å². The highest BCUT2D eigenvalue weighted by Gasteiger charge is 2.19. The van der Waals surface area contributed by atoms with Crippen molar-refractivity contribution >= 4 is 11.5 Å². The summed E-state index contributed by atoms with van der Waals surface area (Å²) >= 11 is 0. The first-order valence-corrected chi connectivity index (χ1v) is 6.29. The van der Waals surface area contributed by atoms with Crippen LogP contribution in [-0.4, -0.2) is 11.5 Å². The van der Waals surface area contributed by atoms with E-state index in [0.717, 1.165) is 18.7 Å². The average molecular weight is 220 g/mol. The fourth-order valence-electron chi connectivity index (χ4n) is 1.87. The van der Waals surface area contributed by atoms with Crippen molar-refractivity contribution in [2.45, 2.75) is 59.3 Å². The van der Waals surface area contributed by atoms with E-state index in [4.69, 9.17) is 4.99 Å². The van der Waals surface area contributed by atoms with Crippen LogP contribution in [0, 0.1) is 5.41 Å². The van der Waals surface area contributed by atoms with Crippen molar-refractivity contribution in [2.75, 3.05) is 0 Å². The highest BCUT2D eigenvalue weighted by Crippen LogP contribution is 2.20. The topological polar surface area (TPSA) is 24.7 Å². The molecule has 0 heterocycles. The average Bonchev–Trinajstić information content (AvgIpc) is 2.44. The lowest BCUT2D eigenvalue weighted by molar-refractivity contribution is 0.585. The summed E-state index contributed by atoms with van der Waals surface area (Å²) in [6.45, 7) is 10.1. The van der Waals surface area contributed by atoms with E-state index in [1.807, 2.05) is 0 Å². The molecule has 0 unspecified atom stereocenters. The molecule has 1 aliphatic rings. The summed E-state index contributed by atoms with van der Waals surface area (Å²) in [5, 5.41) is 0. The number of nitrogens with zero attached hydrogens (tertiary/aromatic N) is 2. The molecule has 1 fully saturated rings. The molecular formula is C14H24N2. The Morgan fingerprint density at radius 2 is 1.69 bits per heavy atom. The Morgan fingerprint density at radius 1 is 1.12 bits per heavy atom. The monoisotopic (exact) mass is 220 g/mol. The molecule has 90 valence electrons. The minimum Gasteiger partial charge on any atom is -0.242 e. The minimum atomic E-state index is 0.00743. The fourth-order valence-corrected chi connectivity index (χ4v) is 1.87. The standard InChI is InChI=1S/C14H24N2/c1-5-15-13(14(2,3)4)16-12-10-8-6-7-9-11-12/h5H,1,6-11H2,2-4H3/b15-13-. The summed E-state index contributed by atoms with van der Waals surface area (Å²) in [5.41, 5.74) is 1.33. The van der Waals surface area contributed by atoms with Crippen LogP contribution in [0.5, 0.6) is 0 Å². The van der Waals surface area contributed by atoms with Gasteiger partial charge in [0.25, 0.3) is 0 Å². The zero-order valence-corrected chi connectivity index (χ0v) is 10.9. The van der Waals surface area contributed by atoms with Crippen LogP contribution in [0.4, 0.5) is 0 Å². The third-order valence-corrected chi connectivity index (χ3v) is 2.83. The first-order chi connectivity index (χ1) is 7.54. The number of hydrogen-bond donors (Lipinski definition) is 0. The predicted molar refractivity (Wildman–Crippen MR) is 72.2 cm³/mol. The Bertz CT molecular complexity index is 282. The van der Waals surface area contributed by atoms with Gasteiger partial charge in [-0.05, 0) is 25.7 Å². The van der Waals surface area contributed by atoms with Gasteiger partial charge in [0.1, 0.15) is 5.84 Å². The number of aliphatic imine (C=N–C) groups is 2. The van der Waals surface area contributed by atoms with E-state index in [2.05, 4.69) is 32.3 Å². The van der Waals surface area contributed by atoms with Crippen LogP contribution in [0.3, 0.4) is 0 Å². The molecule has 2 heteroatoms. The fraction of sp³-hybridized carbons (Fsp3) is 0.714. The minimum absolute atomic E-state index is 0.00743. The van der Waals surface area contributed by atoms with Crippen molar-refractivity contribution in [3.8, 4) is 0 Å². The summed E-state index contributed by atoms with van der Waals surface area (Å²) < 4.78 is 0. The molecule has 0 N–H and O–H groups in total. The van der Waals surface area contributed by atoms with Crippen molar-refractivity contribution in [1.29, 1.82) is 0 Å². The van der Waals surface area contributed by atoms with Gasteiger partial charge >= 0.3 is 0 Å². The lowest BCUT2D eigenvalue weighted by atomic mass is 9.95. The van der Waals surface area contributed by atoms with Crippen molar-refractivity contribution in [1.82, 2.24) is 0 Å². The Hall–Kier alpha value is -0.920. The molecule has 0 bridgehead atoms. The maximum absolute atomic E-state index is 4.75. The summed E-state index contributed by atoms with van der Waals surface area (Å²) in [5.74, 6) is 0.916. The van der Waals surface area contributed by atoms with Crippen LogP contribution in [0.15, 0.2) is 22.8 Å². The molecule has 16 heavy (non-hydrogen) atoms. The molecule has 0 aliphatic heterocycles. The maximum Gasteiger partial charge on any atom is 0.133 e. The maximum atomic E-state index is 4.75. The van der Waals surface area contributed by atoms with Crippen LogP contribution in [0.2, 0.25) is 0 Å². The van der Waals surface area contributed by atoms with Crippen LogP contribution in [-0.2, 0) is 0 Å². The van der Waals surface area contributed by atoms with E-state index in [1.165, 1.54) is 31.4 Å². The van der Waals surface area contributed by atoms with Gasteiger partial charge in [-0.1, -0.05) is 40.2 Å². The smallest absolute Gasteiger partial charge is 0.133 e. The lowest BCUT2D eigenvalue weighted by Gasteiger charge is -2.18. The van der Waals surface area contributed by atoms with Crippen LogP contribution in [0.25, 0.3) is 0 Å². The molecule has 1 saturated carbocycles. The summed E-state index contributed by atoms with van der Waals surface area (Å²) in [6, 6.07) is 0. The van der Waals surface area contributed by atoms with E-state index in [0.29, 0.717) is 0 Å². The zero-order chi connectivity index (χ0) is 12.0. The molecule has 0 spiro atoms. The van der Waals surface area contributed by atoms with E-state index in [1.54, 1.807) is 6.20 Å². The molecule has 0 amide bonds. The van der Waals surface area contributed by atoms with Gasteiger partial charge in [0.15, 0.2) is 0 Å². The van der Waals surface area contributed by atoms with Crippen LogP contribution >= 0.6 is 0 Å². The van der Waals surface area contributed by atoms with Gasteiger partial charge in [-0.3, -0.25) is 0 Å². The Balaban J connectivity index is 2.83. The second-order valence-corrected chi connectivity index (χ2v) is 5.48. The highest BCUT2D eigenvalue weighted by molar-refractivity contribution is 6.00. The molecule has 0 aromatic carbocycles. The first-order valence-electron chi connectivity index (χ1n) is 6.29. The third-order valence-electron chi connectivity index (χ3n) is 2.83. The lowest BCUT2D eigenvalue weighted by Crippen LogP contribution is -2.19. The molecule has 1 aliphatic carbocycles. The SMILES string of the molecule is C=C/N=C(\N=C1CCCCCC1)C(C)(C)C. The second-order valence-electron chi connectivity index (χ2n) is 5.48. The number of hydrogen-bond acceptors (Lipinski definition) is 1. The van der Waals surface area contributed by atoms with Gasteiger partial charge in [0.2, 0.25) is 0 Å². The Morgan fingerprint density at radius 3 is 2.12 bits per heavy atom. The normalized spacial score (nSPS) is 19.2. The molecule has 0 aromatic heterocycles. The Kier molecular flexibility index (Phi) is 4.91. The van der Waals surface area contributed by atoms with E-state index < -0.39 is 0 Å². The second kappa shape index (κ2) is 5.97. The van der Waals surface area contributed by atoms with E-state index in [-0.39, 0.29) is 5.41 Å². The van der Waals surface area contributed by atoms with Gasteiger partial charge in [0.05, 0.1) is 0 Å². The quantitative estimate of drug-likeness (QED) is 0.356. The van der Waals surface area contributed by atoms with E-state index >= 15 is 0 Å². The van der Waals surface area contributed by atoms with Crippen molar-refractivity contribution in [3.05, 3.63) is 12.8 Å². The summed E-state index contributed by atoms with van der Waals surface area (Å²) in [7, 11) is 0. The zero-order valence-electron chi connectivity index (χ0n) is 10.9. The largest absolute Gasteiger partial charge is 0.242 e. The molecule has 0 saturated heterocycles. The van der Waals surface area contributed by atoms with Gasteiger partial charge in [-0.15, -0.1) is 0 Å². The van der Waals surface area contributed by atoms with Gasteiger partial charge in [-0.2, -0.15) is 0 Å². The molecule has 2 nitrogen and oxygen atoms in total. The molecule has 1 rings (SSSR count). The number of amidine groups is 1. The highest BCUT2D eigenvalue weighted by atomic mass is 14.9. The summed E-state index contributed by atoms with van der Waals surface area (Å²) in [6.07, 6.45) is 9.15. The van der Waals surface area contributed by atoms with Gasteiger partial charge in [-0.25, -0.2) is 9.98 Å². The van der Waals surface area contributed by atoms with Gasteiger partial charge in [0, 0.05) is 17.3 Å².